The predicted octanol–water partition coefficient (Wildman–Crippen LogP) is 1.85. The second kappa shape index (κ2) is 7.59. The molecule has 101 valence electrons. The summed E-state index contributed by atoms with van der Waals surface area (Å²) in [5, 5.41) is 7.51. The molecule has 4 nitrogen and oxygen atoms in total. The summed E-state index contributed by atoms with van der Waals surface area (Å²) >= 11 is 4.20. The van der Waals surface area contributed by atoms with Crippen LogP contribution in [0, 0.1) is 6.92 Å². The van der Waals surface area contributed by atoms with Gasteiger partial charge in [-0.1, -0.05) is 6.07 Å². The third-order valence-electron chi connectivity index (χ3n) is 1.74. The standard InChI is InChI=1S/C12H18N4S.Cu/c1-9-6-5-7-10(14-9)8-13-16-11(17)15-12(2,3)4;/h5-8H,1-4H3,(H2,14,15,16,17);/q;+2. The van der Waals surface area contributed by atoms with Crippen LogP contribution in [-0.4, -0.2) is 21.8 Å². The number of thiol groups is 1. The zero-order chi connectivity index (χ0) is 12.9. The van der Waals surface area contributed by atoms with Gasteiger partial charge in [-0.05, 0) is 39.8 Å². The largest absolute Gasteiger partial charge is 2.00 e. The maximum absolute atomic E-state index is 4.28. The fourth-order valence-corrected chi connectivity index (χ4v) is 1.53. The van der Waals surface area contributed by atoms with Crippen LogP contribution < -0.4 is 5.32 Å². The first-order chi connectivity index (χ1) is 7.87. The van der Waals surface area contributed by atoms with Crippen molar-refractivity contribution in [2.24, 2.45) is 5.10 Å². The Morgan fingerprint density at radius 3 is 2.67 bits per heavy atom. The smallest absolute Gasteiger partial charge is 0.515 e. The molecular formula is C12H18CuN4S+2. The Morgan fingerprint density at radius 2 is 2.11 bits per heavy atom. The number of aromatic nitrogens is 1. The van der Waals surface area contributed by atoms with Crippen LogP contribution in [0.3, 0.4) is 0 Å². The van der Waals surface area contributed by atoms with Gasteiger partial charge >= 0.3 is 17.1 Å². The van der Waals surface area contributed by atoms with Crippen LogP contribution in [0.5, 0.6) is 0 Å². The fraction of sp³-hybridized carbons (Fsp3) is 0.417. The maximum atomic E-state index is 4.28. The van der Waals surface area contributed by atoms with E-state index in [9.17, 15) is 0 Å². The first kappa shape index (κ1) is 17.2. The minimum Gasteiger partial charge on any atom is -0.515 e. The molecule has 0 fully saturated rings. The van der Waals surface area contributed by atoms with Crippen molar-refractivity contribution in [2.45, 2.75) is 33.2 Å². The van der Waals surface area contributed by atoms with Gasteiger partial charge in [0.1, 0.15) is 0 Å². The molecule has 1 N–H and O–H groups in total. The molecule has 0 aliphatic rings. The summed E-state index contributed by atoms with van der Waals surface area (Å²) in [7, 11) is 0. The minimum atomic E-state index is -0.0717. The SMILES string of the molecule is Cc1cccc(C=N[N-]C(=[SH+])NC(C)(C)C)n1.[Cu+2]. The summed E-state index contributed by atoms with van der Waals surface area (Å²) in [6, 6.07) is 5.75. The van der Waals surface area contributed by atoms with Crippen molar-refractivity contribution in [3.8, 4) is 0 Å². The third-order valence-corrected chi connectivity index (χ3v) is 1.94. The molecule has 0 bridgehead atoms. The Hall–Kier alpha value is -0.811. The van der Waals surface area contributed by atoms with E-state index in [2.05, 4.69) is 33.0 Å². The molecule has 0 aliphatic heterocycles. The van der Waals surface area contributed by atoms with Gasteiger partial charge in [0.2, 0.25) is 0 Å². The maximum Gasteiger partial charge on any atom is 2.00 e. The summed E-state index contributed by atoms with van der Waals surface area (Å²) in [4.78, 5) is 4.28. The molecule has 0 aromatic carbocycles. The zero-order valence-electron chi connectivity index (χ0n) is 10.9. The van der Waals surface area contributed by atoms with Gasteiger partial charge < -0.3 is 10.5 Å². The first-order valence-electron chi connectivity index (χ1n) is 5.39. The molecule has 0 saturated heterocycles. The molecule has 0 amide bonds. The number of hydrogen-bond donors (Lipinski definition) is 1. The molecule has 0 atom stereocenters. The van der Waals surface area contributed by atoms with Gasteiger partial charge in [-0.15, -0.1) is 0 Å². The van der Waals surface area contributed by atoms with Crippen molar-refractivity contribution in [1.29, 1.82) is 0 Å². The summed E-state index contributed by atoms with van der Waals surface area (Å²) in [5.74, 6) is 0. The van der Waals surface area contributed by atoms with Crippen LogP contribution >= 0.6 is 0 Å². The summed E-state index contributed by atoms with van der Waals surface area (Å²) in [5.41, 5.74) is 5.60. The molecular weight excluding hydrogens is 296 g/mol. The Labute approximate surface area is 124 Å². The fourth-order valence-electron chi connectivity index (χ4n) is 1.14. The van der Waals surface area contributed by atoms with Gasteiger partial charge in [0, 0.05) is 17.4 Å². The molecule has 0 aliphatic carbocycles. The average molecular weight is 314 g/mol. The molecule has 1 heterocycles. The number of pyridine rings is 1. The van der Waals surface area contributed by atoms with Crippen LogP contribution in [0.4, 0.5) is 0 Å². The van der Waals surface area contributed by atoms with E-state index in [0.29, 0.717) is 5.11 Å². The first-order valence-corrected chi connectivity index (χ1v) is 5.83. The molecule has 0 spiro atoms. The van der Waals surface area contributed by atoms with Crippen LogP contribution in [-0.2, 0) is 29.3 Å². The Morgan fingerprint density at radius 1 is 1.44 bits per heavy atom. The number of aryl methyl sites for hydroxylation is 1. The molecule has 0 unspecified atom stereocenters. The number of nitrogens with zero attached hydrogens (tertiary/aromatic N) is 3. The van der Waals surface area contributed by atoms with Crippen LogP contribution in [0.2, 0.25) is 0 Å². The molecule has 1 aromatic rings. The van der Waals surface area contributed by atoms with Gasteiger partial charge in [0.25, 0.3) is 0 Å². The third kappa shape index (κ3) is 7.50. The monoisotopic (exact) mass is 313 g/mol. The average Bonchev–Trinajstić information content (AvgIpc) is 2.14. The Kier molecular flexibility index (Phi) is 7.24. The summed E-state index contributed by atoms with van der Waals surface area (Å²) in [6.45, 7) is 8.03. The molecule has 1 rings (SSSR count). The number of rotatable bonds is 2. The van der Waals surface area contributed by atoms with E-state index < -0.39 is 0 Å². The Bertz CT molecular complexity index is 426. The normalized spacial score (nSPS) is 11.1. The molecule has 1 radical (unpaired) electrons. The quantitative estimate of drug-likeness (QED) is 0.226. The second-order valence-corrected chi connectivity index (χ2v) is 5.17. The van der Waals surface area contributed by atoms with Gasteiger partial charge in [0.15, 0.2) is 17.3 Å². The van der Waals surface area contributed by atoms with Crippen LogP contribution in [0.1, 0.15) is 32.2 Å². The van der Waals surface area contributed by atoms with E-state index in [4.69, 9.17) is 0 Å². The summed E-state index contributed by atoms with van der Waals surface area (Å²) < 4.78 is 0. The minimum absolute atomic E-state index is 0. The van der Waals surface area contributed by atoms with Crippen molar-refractivity contribution >= 4 is 23.5 Å². The van der Waals surface area contributed by atoms with Gasteiger partial charge in [-0.25, -0.2) is 0 Å². The zero-order valence-corrected chi connectivity index (χ0v) is 12.7. The predicted molar refractivity (Wildman–Crippen MR) is 76.6 cm³/mol. The van der Waals surface area contributed by atoms with Crippen LogP contribution in [0.15, 0.2) is 23.3 Å². The van der Waals surface area contributed by atoms with E-state index in [1.54, 1.807) is 6.21 Å². The van der Waals surface area contributed by atoms with Crippen molar-refractivity contribution in [3.63, 3.8) is 0 Å². The second-order valence-electron chi connectivity index (χ2n) is 4.75. The molecule has 18 heavy (non-hydrogen) atoms. The van der Waals surface area contributed by atoms with E-state index in [1.165, 1.54) is 0 Å². The molecule has 6 heteroatoms. The van der Waals surface area contributed by atoms with Crippen molar-refractivity contribution < 1.29 is 17.1 Å². The van der Waals surface area contributed by atoms with E-state index in [-0.39, 0.29) is 22.6 Å². The van der Waals surface area contributed by atoms with E-state index >= 15 is 0 Å². The Balaban J connectivity index is 0.00000289. The number of nitrogens with one attached hydrogen (secondary N) is 1. The van der Waals surface area contributed by atoms with Crippen molar-refractivity contribution in [1.82, 2.24) is 10.3 Å². The van der Waals surface area contributed by atoms with Crippen molar-refractivity contribution in [3.05, 3.63) is 35.0 Å². The molecule has 0 saturated carbocycles. The van der Waals surface area contributed by atoms with Gasteiger partial charge in [-0.3, -0.25) is 10.3 Å². The number of hydrogen-bond acceptors (Lipinski definition) is 2. The molecule has 1 aromatic heterocycles. The summed E-state index contributed by atoms with van der Waals surface area (Å²) in [6.07, 6.45) is 1.60. The van der Waals surface area contributed by atoms with Gasteiger partial charge in [0.05, 0.1) is 5.69 Å². The van der Waals surface area contributed by atoms with E-state index in [1.807, 2.05) is 45.9 Å². The van der Waals surface area contributed by atoms with Crippen molar-refractivity contribution in [2.75, 3.05) is 0 Å². The topological polar surface area (TPSA) is 51.4 Å². The van der Waals surface area contributed by atoms with Crippen LogP contribution in [0.25, 0.3) is 5.43 Å². The van der Waals surface area contributed by atoms with Gasteiger partial charge in [-0.2, -0.15) is 0 Å². The van der Waals surface area contributed by atoms with E-state index in [0.717, 1.165) is 11.4 Å².